The van der Waals surface area contributed by atoms with Gasteiger partial charge < -0.3 is 5.11 Å². The van der Waals surface area contributed by atoms with Crippen LogP contribution in [0.1, 0.15) is 44.2 Å². The Morgan fingerprint density at radius 1 is 1.26 bits per heavy atom. The van der Waals surface area contributed by atoms with Crippen molar-refractivity contribution >= 4 is 10.0 Å². The molecule has 0 bridgehead atoms. The first-order valence-electron chi connectivity index (χ1n) is 8.57. The molecule has 2 heterocycles. The highest BCUT2D eigenvalue weighted by Crippen LogP contribution is 2.31. The van der Waals surface area contributed by atoms with Gasteiger partial charge in [0.2, 0.25) is 10.0 Å². The van der Waals surface area contributed by atoms with E-state index in [4.69, 9.17) is 0 Å². The van der Waals surface area contributed by atoms with Gasteiger partial charge >= 0.3 is 0 Å². The lowest BCUT2D eigenvalue weighted by atomic mass is 9.84. The van der Waals surface area contributed by atoms with Crippen LogP contribution in [0.15, 0.2) is 24.4 Å². The van der Waals surface area contributed by atoms with E-state index in [1.54, 1.807) is 10.5 Å². The minimum absolute atomic E-state index is 0.260. The van der Waals surface area contributed by atoms with Crippen LogP contribution < -0.4 is 0 Å². The number of sulfonamides is 1. The van der Waals surface area contributed by atoms with Crippen molar-refractivity contribution in [3.05, 3.63) is 30.1 Å². The van der Waals surface area contributed by atoms with Crippen molar-refractivity contribution < 1.29 is 13.5 Å². The van der Waals surface area contributed by atoms with E-state index < -0.39 is 15.6 Å². The molecule has 1 aromatic rings. The van der Waals surface area contributed by atoms with Crippen molar-refractivity contribution in [3.63, 3.8) is 0 Å². The predicted octanol–water partition coefficient (Wildman–Crippen LogP) is 1.97. The van der Waals surface area contributed by atoms with E-state index in [1.807, 2.05) is 18.2 Å². The first kappa shape index (κ1) is 16.9. The van der Waals surface area contributed by atoms with Crippen LogP contribution >= 0.6 is 0 Å². The molecule has 128 valence electrons. The van der Waals surface area contributed by atoms with Gasteiger partial charge in [-0.1, -0.05) is 25.3 Å². The van der Waals surface area contributed by atoms with Gasteiger partial charge in [-0.25, -0.2) is 12.7 Å². The summed E-state index contributed by atoms with van der Waals surface area (Å²) in [5.74, 6) is 0.867. The average molecular weight is 338 g/mol. The summed E-state index contributed by atoms with van der Waals surface area (Å²) in [5.41, 5.74) is 0.0187. The van der Waals surface area contributed by atoms with Gasteiger partial charge in [-0.2, -0.15) is 0 Å². The monoisotopic (exact) mass is 338 g/mol. The second kappa shape index (κ2) is 6.87. The first-order chi connectivity index (χ1) is 11.0. The number of hydrogen-bond donors (Lipinski definition) is 1. The summed E-state index contributed by atoms with van der Waals surface area (Å²) >= 11 is 0. The molecule has 1 N–H and O–H groups in total. The fourth-order valence-corrected chi connectivity index (χ4v) is 5.05. The third kappa shape index (κ3) is 4.31. The summed E-state index contributed by atoms with van der Waals surface area (Å²) < 4.78 is 26.4. The Morgan fingerprint density at radius 2 is 2.00 bits per heavy atom. The Labute approximate surface area is 138 Å². The van der Waals surface area contributed by atoms with E-state index in [0.29, 0.717) is 38.3 Å². The quantitative estimate of drug-likeness (QED) is 0.861. The lowest BCUT2D eigenvalue weighted by Gasteiger charge is -2.37. The average Bonchev–Trinajstić information content (AvgIpc) is 2.46. The van der Waals surface area contributed by atoms with Crippen LogP contribution in [0.25, 0.3) is 0 Å². The standard InChI is InChI=1S/C17H26N2O3S/c20-17(14-16-6-1-2-10-18-16)8-11-19(12-9-17)23(21,22)13-7-15-4-3-5-15/h1-2,6,10,15,20H,3-5,7-9,11-14H2. The maximum absolute atomic E-state index is 12.4. The summed E-state index contributed by atoms with van der Waals surface area (Å²) in [6.45, 7) is 0.826. The summed E-state index contributed by atoms with van der Waals surface area (Å²) in [7, 11) is -3.17. The number of aromatic nitrogens is 1. The molecule has 0 spiro atoms. The van der Waals surface area contributed by atoms with Crippen LogP contribution in [0, 0.1) is 5.92 Å². The zero-order valence-corrected chi connectivity index (χ0v) is 14.3. The summed E-state index contributed by atoms with van der Waals surface area (Å²) in [5, 5.41) is 10.7. The van der Waals surface area contributed by atoms with Crippen LogP contribution in [0.2, 0.25) is 0 Å². The zero-order chi connectivity index (χ0) is 16.3. The number of pyridine rings is 1. The molecular formula is C17H26N2O3S. The van der Waals surface area contributed by atoms with E-state index in [-0.39, 0.29) is 5.75 Å². The van der Waals surface area contributed by atoms with Crippen molar-refractivity contribution in [1.82, 2.24) is 9.29 Å². The molecule has 23 heavy (non-hydrogen) atoms. The molecule has 0 radical (unpaired) electrons. The van der Waals surface area contributed by atoms with Crippen molar-refractivity contribution in [3.8, 4) is 0 Å². The molecule has 5 nitrogen and oxygen atoms in total. The molecule has 1 saturated carbocycles. The number of hydrogen-bond acceptors (Lipinski definition) is 4. The fraction of sp³-hybridized carbons (Fsp3) is 0.706. The van der Waals surface area contributed by atoms with Gasteiger partial charge in [-0.15, -0.1) is 0 Å². The van der Waals surface area contributed by atoms with Crippen LogP contribution in [-0.2, 0) is 16.4 Å². The van der Waals surface area contributed by atoms with Gasteiger partial charge in [0, 0.05) is 31.4 Å². The van der Waals surface area contributed by atoms with Gasteiger partial charge in [-0.05, 0) is 37.3 Å². The normalized spacial score (nSPS) is 22.7. The summed E-state index contributed by atoms with van der Waals surface area (Å²) in [6.07, 6.45) is 7.56. The van der Waals surface area contributed by atoms with Gasteiger partial charge in [-0.3, -0.25) is 4.98 Å². The molecule has 0 amide bonds. The topological polar surface area (TPSA) is 70.5 Å². The van der Waals surface area contributed by atoms with Crippen molar-refractivity contribution in [2.45, 2.75) is 50.5 Å². The molecule has 2 fully saturated rings. The first-order valence-corrected chi connectivity index (χ1v) is 10.2. The van der Waals surface area contributed by atoms with Gasteiger partial charge in [0.05, 0.1) is 11.4 Å². The van der Waals surface area contributed by atoms with Gasteiger partial charge in [0.25, 0.3) is 0 Å². The van der Waals surface area contributed by atoms with Gasteiger partial charge in [0.15, 0.2) is 0 Å². The van der Waals surface area contributed by atoms with Crippen LogP contribution in [0.4, 0.5) is 0 Å². The van der Waals surface area contributed by atoms with E-state index in [1.165, 1.54) is 19.3 Å². The van der Waals surface area contributed by atoms with Crippen molar-refractivity contribution in [2.24, 2.45) is 5.92 Å². The lowest BCUT2D eigenvalue weighted by Crippen LogP contribution is -2.48. The highest BCUT2D eigenvalue weighted by Gasteiger charge is 2.37. The van der Waals surface area contributed by atoms with E-state index in [0.717, 1.165) is 12.1 Å². The predicted molar refractivity (Wildman–Crippen MR) is 89.4 cm³/mol. The Hall–Kier alpha value is -0.980. The number of nitrogens with zero attached hydrogens (tertiary/aromatic N) is 2. The molecule has 2 aliphatic rings. The third-order valence-corrected chi connectivity index (χ3v) is 7.20. The fourth-order valence-electron chi connectivity index (χ4n) is 3.42. The Kier molecular flexibility index (Phi) is 5.04. The molecule has 1 aliphatic carbocycles. The summed E-state index contributed by atoms with van der Waals surface area (Å²) in [6, 6.07) is 5.66. The second-order valence-electron chi connectivity index (χ2n) is 7.02. The second-order valence-corrected chi connectivity index (χ2v) is 9.11. The molecule has 0 aromatic carbocycles. The maximum Gasteiger partial charge on any atom is 0.214 e. The van der Waals surface area contributed by atoms with E-state index >= 15 is 0 Å². The van der Waals surface area contributed by atoms with Crippen LogP contribution in [-0.4, -0.2) is 47.3 Å². The number of aliphatic hydroxyl groups is 1. The summed E-state index contributed by atoms with van der Waals surface area (Å²) in [4.78, 5) is 4.26. The molecule has 1 aromatic heterocycles. The lowest BCUT2D eigenvalue weighted by molar-refractivity contribution is -0.00519. The molecule has 1 saturated heterocycles. The van der Waals surface area contributed by atoms with Crippen LogP contribution in [0.3, 0.4) is 0 Å². The molecule has 0 unspecified atom stereocenters. The van der Waals surface area contributed by atoms with E-state index in [2.05, 4.69) is 4.98 Å². The number of rotatable bonds is 6. The molecule has 6 heteroatoms. The van der Waals surface area contributed by atoms with Gasteiger partial charge in [0.1, 0.15) is 0 Å². The third-order valence-electron chi connectivity index (χ3n) is 5.29. The smallest absolute Gasteiger partial charge is 0.214 e. The molecule has 1 aliphatic heterocycles. The number of piperidine rings is 1. The highest BCUT2D eigenvalue weighted by molar-refractivity contribution is 7.89. The Balaban J connectivity index is 1.52. The Morgan fingerprint density at radius 3 is 2.57 bits per heavy atom. The Bertz CT molecular complexity index is 606. The van der Waals surface area contributed by atoms with E-state index in [9.17, 15) is 13.5 Å². The molecular weight excluding hydrogens is 312 g/mol. The maximum atomic E-state index is 12.4. The highest BCUT2D eigenvalue weighted by atomic mass is 32.2. The van der Waals surface area contributed by atoms with Crippen LogP contribution in [0.5, 0.6) is 0 Å². The molecule has 3 rings (SSSR count). The zero-order valence-electron chi connectivity index (χ0n) is 13.5. The van der Waals surface area contributed by atoms with Crippen molar-refractivity contribution in [2.75, 3.05) is 18.8 Å². The molecule has 0 atom stereocenters. The minimum Gasteiger partial charge on any atom is -0.389 e. The van der Waals surface area contributed by atoms with Crippen molar-refractivity contribution in [1.29, 1.82) is 0 Å². The minimum atomic E-state index is -3.17. The largest absolute Gasteiger partial charge is 0.389 e. The SMILES string of the molecule is O=S(=O)(CCC1CCC1)N1CCC(O)(Cc2ccccn2)CC1.